The van der Waals surface area contributed by atoms with Crippen LogP contribution in [0.15, 0.2) is 12.4 Å². The summed E-state index contributed by atoms with van der Waals surface area (Å²) in [7, 11) is 1.53. The molecule has 6 heteroatoms. The topological polar surface area (TPSA) is 76.1 Å². The summed E-state index contributed by atoms with van der Waals surface area (Å²) in [6.45, 7) is 7.58. The number of anilines is 1. The molecule has 0 radical (unpaired) electrons. The van der Waals surface area contributed by atoms with Crippen LogP contribution in [-0.2, 0) is 4.79 Å². The molecule has 0 aromatic carbocycles. The Hall–Kier alpha value is -1.85. The molecule has 2 N–H and O–H groups in total. The van der Waals surface area contributed by atoms with Gasteiger partial charge in [-0.25, -0.2) is 9.97 Å². The first-order valence-electron chi connectivity index (χ1n) is 5.76. The summed E-state index contributed by atoms with van der Waals surface area (Å²) in [5.74, 6) is 0.925. The Morgan fingerprint density at radius 3 is 2.61 bits per heavy atom. The predicted octanol–water partition coefficient (Wildman–Crippen LogP) is 1.20. The SMILES string of the molecule is COc1cc(NC(C)C(=O)NC(C)(C)C)ncn1. The summed E-state index contributed by atoms with van der Waals surface area (Å²) < 4.78 is 4.99. The predicted molar refractivity (Wildman–Crippen MR) is 69.6 cm³/mol. The summed E-state index contributed by atoms with van der Waals surface area (Å²) >= 11 is 0. The molecule has 0 aliphatic heterocycles. The average Bonchev–Trinajstić information content (AvgIpc) is 2.27. The molecule has 0 spiro atoms. The van der Waals surface area contributed by atoms with E-state index in [-0.39, 0.29) is 17.5 Å². The van der Waals surface area contributed by atoms with E-state index in [2.05, 4.69) is 20.6 Å². The highest BCUT2D eigenvalue weighted by molar-refractivity contribution is 5.84. The largest absolute Gasteiger partial charge is 0.481 e. The lowest BCUT2D eigenvalue weighted by Gasteiger charge is -2.23. The number of nitrogens with one attached hydrogen (secondary N) is 2. The third kappa shape index (κ3) is 4.57. The molecule has 1 aromatic heterocycles. The van der Waals surface area contributed by atoms with Crippen LogP contribution in [0.3, 0.4) is 0 Å². The molecule has 1 rings (SSSR count). The molecule has 18 heavy (non-hydrogen) atoms. The quantitative estimate of drug-likeness (QED) is 0.842. The van der Waals surface area contributed by atoms with Gasteiger partial charge in [-0.2, -0.15) is 0 Å². The van der Waals surface area contributed by atoms with Gasteiger partial charge in [-0.05, 0) is 27.7 Å². The van der Waals surface area contributed by atoms with Crippen molar-refractivity contribution in [1.29, 1.82) is 0 Å². The number of hydrogen-bond acceptors (Lipinski definition) is 5. The molecule has 6 nitrogen and oxygen atoms in total. The van der Waals surface area contributed by atoms with Crippen molar-refractivity contribution in [3.8, 4) is 5.88 Å². The van der Waals surface area contributed by atoms with E-state index in [1.165, 1.54) is 13.4 Å². The van der Waals surface area contributed by atoms with Gasteiger partial charge in [0.05, 0.1) is 7.11 Å². The Morgan fingerprint density at radius 1 is 1.39 bits per heavy atom. The van der Waals surface area contributed by atoms with E-state index in [0.29, 0.717) is 11.7 Å². The third-order valence-electron chi connectivity index (χ3n) is 2.11. The molecule has 0 aliphatic carbocycles. The van der Waals surface area contributed by atoms with Crippen molar-refractivity contribution in [1.82, 2.24) is 15.3 Å². The second kappa shape index (κ2) is 5.66. The van der Waals surface area contributed by atoms with Crippen LogP contribution in [0, 0.1) is 0 Å². The van der Waals surface area contributed by atoms with Crippen molar-refractivity contribution in [3.05, 3.63) is 12.4 Å². The number of methoxy groups -OCH3 is 1. The molecule has 100 valence electrons. The van der Waals surface area contributed by atoms with Crippen LogP contribution in [0.25, 0.3) is 0 Å². The van der Waals surface area contributed by atoms with Crippen LogP contribution >= 0.6 is 0 Å². The van der Waals surface area contributed by atoms with Crippen molar-refractivity contribution < 1.29 is 9.53 Å². The standard InChI is InChI=1S/C12H20N4O2/c1-8(11(17)16-12(2,3)4)15-9-6-10(18-5)14-7-13-9/h6-8H,1-5H3,(H,16,17)(H,13,14,15). The number of nitrogens with zero attached hydrogens (tertiary/aromatic N) is 2. The molecule has 0 saturated heterocycles. The lowest BCUT2D eigenvalue weighted by Crippen LogP contribution is -2.47. The van der Waals surface area contributed by atoms with Crippen molar-refractivity contribution >= 4 is 11.7 Å². The third-order valence-corrected chi connectivity index (χ3v) is 2.11. The fraction of sp³-hybridized carbons (Fsp3) is 0.583. The van der Waals surface area contributed by atoms with E-state index < -0.39 is 0 Å². The fourth-order valence-electron chi connectivity index (χ4n) is 1.30. The zero-order valence-corrected chi connectivity index (χ0v) is 11.4. The lowest BCUT2D eigenvalue weighted by atomic mass is 10.1. The molecule has 1 atom stereocenters. The van der Waals surface area contributed by atoms with Gasteiger partial charge in [0.15, 0.2) is 0 Å². The van der Waals surface area contributed by atoms with Gasteiger partial charge >= 0.3 is 0 Å². The van der Waals surface area contributed by atoms with Gasteiger partial charge in [0.25, 0.3) is 0 Å². The lowest BCUT2D eigenvalue weighted by molar-refractivity contribution is -0.122. The number of aromatic nitrogens is 2. The Morgan fingerprint density at radius 2 is 2.06 bits per heavy atom. The normalized spacial score (nSPS) is 12.7. The van der Waals surface area contributed by atoms with Crippen LogP contribution in [-0.4, -0.2) is 34.6 Å². The van der Waals surface area contributed by atoms with Crippen LogP contribution < -0.4 is 15.4 Å². The van der Waals surface area contributed by atoms with Gasteiger partial charge in [0.1, 0.15) is 18.2 Å². The molecular formula is C12H20N4O2. The Kier molecular flexibility index (Phi) is 4.47. The van der Waals surface area contributed by atoms with Gasteiger partial charge in [-0.1, -0.05) is 0 Å². The number of hydrogen-bond donors (Lipinski definition) is 2. The molecule has 0 fully saturated rings. The maximum atomic E-state index is 11.9. The second-order valence-electron chi connectivity index (χ2n) is 5.05. The van der Waals surface area contributed by atoms with E-state index in [1.807, 2.05) is 20.8 Å². The van der Waals surface area contributed by atoms with Crippen LogP contribution in [0.1, 0.15) is 27.7 Å². The molecule has 0 bridgehead atoms. The Balaban J connectivity index is 2.63. The van der Waals surface area contributed by atoms with E-state index in [0.717, 1.165) is 0 Å². The summed E-state index contributed by atoms with van der Waals surface area (Å²) in [5.41, 5.74) is -0.254. The number of ether oxygens (including phenoxy) is 1. The van der Waals surface area contributed by atoms with Crippen LogP contribution in [0.2, 0.25) is 0 Å². The van der Waals surface area contributed by atoms with Crippen molar-refractivity contribution in [3.63, 3.8) is 0 Å². The van der Waals surface area contributed by atoms with Gasteiger partial charge in [0.2, 0.25) is 11.8 Å². The number of carbonyl (C=O) groups is 1. The average molecular weight is 252 g/mol. The smallest absolute Gasteiger partial charge is 0.242 e. The van der Waals surface area contributed by atoms with Gasteiger partial charge in [-0.3, -0.25) is 4.79 Å². The summed E-state index contributed by atoms with van der Waals surface area (Å²) in [6.07, 6.45) is 1.38. The highest BCUT2D eigenvalue weighted by Gasteiger charge is 2.19. The summed E-state index contributed by atoms with van der Waals surface area (Å²) in [6, 6.07) is 1.25. The van der Waals surface area contributed by atoms with Crippen LogP contribution in [0.4, 0.5) is 5.82 Å². The zero-order chi connectivity index (χ0) is 13.8. The monoisotopic (exact) mass is 252 g/mol. The first kappa shape index (κ1) is 14.2. The molecule has 1 aromatic rings. The number of amides is 1. The minimum atomic E-state index is -0.385. The second-order valence-corrected chi connectivity index (χ2v) is 5.05. The molecule has 1 heterocycles. The maximum Gasteiger partial charge on any atom is 0.242 e. The Labute approximate surface area is 107 Å². The molecular weight excluding hydrogens is 232 g/mol. The maximum absolute atomic E-state index is 11.9. The summed E-state index contributed by atoms with van der Waals surface area (Å²) in [4.78, 5) is 19.8. The van der Waals surface area contributed by atoms with Crippen molar-refractivity contribution in [2.75, 3.05) is 12.4 Å². The van der Waals surface area contributed by atoms with E-state index >= 15 is 0 Å². The van der Waals surface area contributed by atoms with Crippen molar-refractivity contribution in [2.45, 2.75) is 39.3 Å². The highest BCUT2D eigenvalue weighted by atomic mass is 16.5. The zero-order valence-electron chi connectivity index (χ0n) is 11.4. The number of carbonyl (C=O) groups excluding carboxylic acids is 1. The number of rotatable bonds is 4. The van der Waals surface area contributed by atoms with Crippen LogP contribution in [0.5, 0.6) is 5.88 Å². The fourth-order valence-corrected chi connectivity index (χ4v) is 1.30. The highest BCUT2D eigenvalue weighted by Crippen LogP contribution is 2.11. The summed E-state index contributed by atoms with van der Waals surface area (Å²) in [5, 5.41) is 5.89. The van der Waals surface area contributed by atoms with E-state index in [1.54, 1.807) is 13.0 Å². The minimum Gasteiger partial charge on any atom is -0.481 e. The van der Waals surface area contributed by atoms with E-state index in [9.17, 15) is 4.79 Å². The first-order chi connectivity index (χ1) is 8.31. The van der Waals surface area contributed by atoms with Gasteiger partial charge in [0, 0.05) is 11.6 Å². The molecule has 1 unspecified atom stereocenters. The Bertz CT molecular complexity index is 415. The first-order valence-corrected chi connectivity index (χ1v) is 5.76. The van der Waals surface area contributed by atoms with E-state index in [4.69, 9.17) is 4.74 Å². The minimum absolute atomic E-state index is 0.0833. The molecule has 1 amide bonds. The molecule has 0 saturated carbocycles. The van der Waals surface area contributed by atoms with Gasteiger partial charge < -0.3 is 15.4 Å². The molecule has 0 aliphatic rings. The van der Waals surface area contributed by atoms with Gasteiger partial charge in [-0.15, -0.1) is 0 Å². The van der Waals surface area contributed by atoms with Crippen molar-refractivity contribution in [2.24, 2.45) is 0 Å².